The molecule has 0 N–H and O–H groups in total. The Morgan fingerprint density at radius 3 is 2.60 bits per heavy atom. The van der Waals surface area contributed by atoms with Crippen LogP contribution in [0.1, 0.15) is 12.5 Å². The topological polar surface area (TPSA) is 12.5 Å². The second-order valence-electron chi connectivity index (χ2n) is 4.79. The van der Waals surface area contributed by atoms with Gasteiger partial charge in [0.25, 0.3) is 0 Å². The van der Waals surface area contributed by atoms with Gasteiger partial charge in [-0.2, -0.15) is 13.2 Å². The maximum atomic E-state index is 12.7. The molecule has 1 heterocycles. The molecule has 0 bridgehead atoms. The second kappa shape index (κ2) is 6.23. The van der Waals surface area contributed by atoms with E-state index in [1.165, 1.54) is 6.07 Å². The number of hydrogen-bond acceptors (Lipinski definition) is 2. The monoisotopic (exact) mass is 415 g/mol. The molecule has 2 unspecified atom stereocenters. The van der Waals surface area contributed by atoms with Crippen molar-refractivity contribution in [3.05, 3.63) is 28.2 Å². The lowest BCUT2D eigenvalue weighted by Gasteiger charge is -2.38. The van der Waals surface area contributed by atoms with Gasteiger partial charge < -0.3 is 9.64 Å². The molecule has 2 rings (SSSR count). The first-order valence-electron chi connectivity index (χ1n) is 6.14. The summed E-state index contributed by atoms with van der Waals surface area (Å²) < 4.78 is 44.2. The summed E-state index contributed by atoms with van der Waals surface area (Å²) in [5.74, 6) is 0. The van der Waals surface area contributed by atoms with Crippen molar-refractivity contribution in [3.8, 4) is 0 Å². The Morgan fingerprint density at radius 2 is 2.05 bits per heavy atom. The second-order valence-corrected chi connectivity index (χ2v) is 6.29. The van der Waals surface area contributed by atoms with Gasteiger partial charge in [-0.3, -0.25) is 0 Å². The molecule has 0 aliphatic carbocycles. The van der Waals surface area contributed by atoms with Crippen LogP contribution in [0.3, 0.4) is 0 Å². The molecule has 1 saturated heterocycles. The first-order chi connectivity index (χ1) is 9.31. The molecule has 7 heteroatoms. The summed E-state index contributed by atoms with van der Waals surface area (Å²) in [5, 5.41) is 0.700. The molecule has 1 aromatic rings. The molecule has 2 atom stereocenters. The van der Waals surface area contributed by atoms with Crippen molar-refractivity contribution in [2.75, 3.05) is 23.3 Å². The van der Waals surface area contributed by atoms with E-state index < -0.39 is 11.7 Å². The maximum absolute atomic E-state index is 12.7. The van der Waals surface area contributed by atoms with Crippen LogP contribution in [-0.2, 0) is 10.9 Å². The minimum Gasteiger partial charge on any atom is -0.371 e. The zero-order chi connectivity index (χ0) is 14.9. The lowest BCUT2D eigenvalue weighted by atomic mass is 10.1. The number of benzene rings is 1. The van der Waals surface area contributed by atoms with Gasteiger partial charge >= 0.3 is 6.18 Å². The smallest absolute Gasteiger partial charge is 0.371 e. The molecule has 1 aliphatic rings. The normalized spacial score (nSPS) is 24.0. The maximum Gasteiger partial charge on any atom is 0.416 e. The third-order valence-corrected chi connectivity index (χ3v) is 4.47. The van der Waals surface area contributed by atoms with E-state index in [2.05, 4.69) is 31.9 Å². The van der Waals surface area contributed by atoms with Gasteiger partial charge in [-0.1, -0.05) is 15.9 Å². The number of halogens is 5. The molecule has 20 heavy (non-hydrogen) atoms. The number of nitrogens with zero attached hydrogens (tertiary/aromatic N) is 1. The Labute approximate surface area is 132 Å². The van der Waals surface area contributed by atoms with Gasteiger partial charge in [0.1, 0.15) is 0 Å². The molecule has 0 amide bonds. The molecule has 0 radical (unpaired) electrons. The van der Waals surface area contributed by atoms with Gasteiger partial charge in [-0.25, -0.2) is 0 Å². The SMILES string of the molecule is CC1CN(c2ccc(C(F)(F)F)cc2Br)CC(CBr)O1. The van der Waals surface area contributed by atoms with Crippen molar-refractivity contribution >= 4 is 37.5 Å². The Balaban J connectivity index is 2.24. The van der Waals surface area contributed by atoms with Crippen LogP contribution in [0.4, 0.5) is 18.9 Å². The molecule has 0 aromatic heterocycles. The third-order valence-electron chi connectivity index (χ3n) is 3.11. The molecular weight excluding hydrogens is 403 g/mol. The summed E-state index contributed by atoms with van der Waals surface area (Å²) in [6, 6.07) is 3.75. The van der Waals surface area contributed by atoms with Crippen LogP contribution < -0.4 is 4.90 Å². The van der Waals surface area contributed by atoms with Gasteiger partial charge in [0.2, 0.25) is 0 Å². The van der Waals surface area contributed by atoms with Gasteiger partial charge in [0, 0.05) is 22.9 Å². The first-order valence-corrected chi connectivity index (χ1v) is 8.06. The molecule has 112 valence electrons. The van der Waals surface area contributed by atoms with Crippen LogP contribution in [0.25, 0.3) is 0 Å². The summed E-state index contributed by atoms with van der Waals surface area (Å²) in [4.78, 5) is 2.05. The lowest BCUT2D eigenvalue weighted by molar-refractivity contribution is -0.137. The van der Waals surface area contributed by atoms with Crippen molar-refractivity contribution < 1.29 is 17.9 Å². The Bertz CT molecular complexity index is 481. The van der Waals surface area contributed by atoms with Gasteiger partial charge in [-0.15, -0.1) is 0 Å². The fourth-order valence-electron chi connectivity index (χ4n) is 2.27. The molecule has 0 spiro atoms. The van der Waals surface area contributed by atoms with Crippen LogP contribution in [-0.4, -0.2) is 30.6 Å². The highest BCUT2D eigenvalue weighted by atomic mass is 79.9. The summed E-state index contributed by atoms with van der Waals surface area (Å²) in [7, 11) is 0. The minimum atomic E-state index is -4.32. The van der Waals surface area contributed by atoms with E-state index in [0.717, 1.165) is 17.8 Å². The Kier molecular flexibility index (Phi) is 5.02. The Morgan fingerprint density at radius 1 is 1.35 bits per heavy atom. The van der Waals surface area contributed by atoms with E-state index in [1.54, 1.807) is 0 Å². The van der Waals surface area contributed by atoms with E-state index >= 15 is 0 Å². The average molecular weight is 417 g/mol. The fourth-order valence-corrected chi connectivity index (χ4v) is 3.25. The lowest BCUT2D eigenvalue weighted by Crippen LogP contribution is -2.47. The molecule has 0 saturated carbocycles. The van der Waals surface area contributed by atoms with Crippen molar-refractivity contribution in [3.63, 3.8) is 0 Å². The molecule has 1 aliphatic heterocycles. The molecule has 1 fully saturated rings. The standard InChI is InChI=1S/C13H14Br2F3NO/c1-8-6-19(7-10(5-14)20-8)12-3-2-9(4-11(12)15)13(16,17)18/h2-4,8,10H,5-7H2,1H3. The van der Waals surface area contributed by atoms with E-state index in [1.807, 2.05) is 11.8 Å². The van der Waals surface area contributed by atoms with Crippen LogP contribution >= 0.6 is 31.9 Å². The quantitative estimate of drug-likeness (QED) is 0.660. The van der Waals surface area contributed by atoms with E-state index in [-0.39, 0.29) is 12.2 Å². The van der Waals surface area contributed by atoms with E-state index in [0.29, 0.717) is 22.9 Å². The summed E-state index contributed by atoms with van der Waals surface area (Å²) >= 11 is 6.63. The number of alkyl halides is 4. The number of ether oxygens (including phenoxy) is 1. The number of morpholine rings is 1. The van der Waals surface area contributed by atoms with Crippen molar-refractivity contribution in [1.29, 1.82) is 0 Å². The molecular formula is C13H14Br2F3NO. The summed E-state index contributed by atoms with van der Waals surface area (Å²) in [6.07, 6.45) is -4.24. The fraction of sp³-hybridized carbons (Fsp3) is 0.538. The summed E-state index contributed by atoms with van der Waals surface area (Å²) in [5.41, 5.74) is 0.116. The highest BCUT2D eigenvalue weighted by Crippen LogP contribution is 2.36. The van der Waals surface area contributed by atoms with Gasteiger partial charge in [0.05, 0.1) is 23.5 Å². The van der Waals surface area contributed by atoms with Gasteiger partial charge in [-0.05, 0) is 41.1 Å². The largest absolute Gasteiger partial charge is 0.416 e. The van der Waals surface area contributed by atoms with Crippen LogP contribution in [0.2, 0.25) is 0 Å². The highest BCUT2D eigenvalue weighted by Gasteiger charge is 2.32. The third kappa shape index (κ3) is 3.68. The first kappa shape index (κ1) is 16.1. The predicted octanol–water partition coefficient (Wildman–Crippen LogP) is 4.46. The van der Waals surface area contributed by atoms with Crippen LogP contribution in [0.5, 0.6) is 0 Å². The molecule has 2 nitrogen and oxygen atoms in total. The molecule has 1 aromatic carbocycles. The number of anilines is 1. The average Bonchev–Trinajstić information content (AvgIpc) is 2.36. The zero-order valence-corrected chi connectivity index (χ0v) is 13.9. The highest BCUT2D eigenvalue weighted by molar-refractivity contribution is 9.10. The summed E-state index contributed by atoms with van der Waals surface area (Å²) in [6.45, 7) is 3.27. The number of rotatable bonds is 2. The van der Waals surface area contributed by atoms with Crippen LogP contribution in [0, 0.1) is 0 Å². The van der Waals surface area contributed by atoms with Gasteiger partial charge in [0.15, 0.2) is 0 Å². The van der Waals surface area contributed by atoms with Crippen molar-refractivity contribution in [2.24, 2.45) is 0 Å². The van der Waals surface area contributed by atoms with E-state index in [4.69, 9.17) is 4.74 Å². The Hall–Kier alpha value is -0.270. The van der Waals surface area contributed by atoms with E-state index in [9.17, 15) is 13.2 Å². The number of hydrogen-bond donors (Lipinski definition) is 0. The van der Waals surface area contributed by atoms with Crippen molar-refractivity contribution in [2.45, 2.75) is 25.3 Å². The van der Waals surface area contributed by atoms with Crippen LogP contribution in [0.15, 0.2) is 22.7 Å². The zero-order valence-electron chi connectivity index (χ0n) is 10.8. The predicted molar refractivity (Wildman–Crippen MR) is 79.5 cm³/mol. The minimum absolute atomic E-state index is 0.0351. The van der Waals surface area contributed by atoms with Crippen molar-refractivity contribution in [1.82, 2.24) is 0 Å².